The monoisotopic (exact) mass is 427 g/mol. The zero-order valence-corrected chi connectivity index (χ0v) is 18.2. The minimum atomic E-state index is -0.396. The molecule has 0 radical (unpaired) electrons. The van der Waals surface area contributed by atoms with Crippen molar-refractivity contribution >= 4 is 17.7 Å². The van der Waals surface area contributed by atoms with Crippen LogP contribution in [0.25, 0.3) is 11.4 Å². The van der Waals surface area contributed by atoms with Crippen LogP contribution in [0, 0.1) is 6.92 Å². The number of carbonyl (C=O) groups is 1. The Kier molecular flexibility index (Phi) is 6.83. The fraction of sp³-hybridized carbons (Fsp3) is 0.286. The molecule has 9 heteroatoms. The second kappa shape index (κ2) is 9.53. The third-order valence-electron chi connectivity index (χ3n) is 4.55. The summed E-state index contributed by atoms with van der Waals surface area (Å²) in [5.41, 5.74) is 2.90. The van der Waals surface area contributed by atoms with Gasteiger partial charge in [-0.2, -0.15) is 0 Å². The number of methoxy groups -OCH3 is 2. The molecular weight excluding hydrogens is 402 g/mol. The molecule has 0 aliphatic carbocycles. The molecule has 2 aromatic carbocycles. The van der Waals surface area contributed by atoms with Gasteiger partial charge in [0.2, 0.25) is 11.1 Å². The molecule has 8 nitrogen and oxygen atoms in total. The summed E-state index contributed by atoms with van der Waals surface area (Å²) in [7, 11) is 3.14. The van der Waals surface area contributed by atoms with Crippen LogP contribution in [-0.2, 0) is 11.3 Å². The van der Waals surface area contributed by atoms with E-state index in [1.807, 2.05) is 31.2 Å². The highest BCUT2D eigenvalue weighted by molar-refractivity contribution is 8.00. The highest BCUT2D eigenvalue weighted by Crippen LogP contribution is 2.33. The lowest BCUT2D eigenvalue weighted by molar-refractivity contribution is -0.120. The number of aromatic nitrogens is 3. The van der Waals surface area contributed by atoms with Crippen molar-refractivity contribution in [2.45, 2.75) is 30.8 Å². The summed E-state index contributed by atoms with van der Waals surface area (Å²) < 4.78 is 12.0. The smallest absolute Gasteiger partial charge is 0.233 e. The van der Waals surface area contributed by atoms with Gasteiger partial charge in [-0.15, -0.1) is 10.2 Å². The van der Waals surface area contributed by atoms with Crippen molar-refractivity contribution in [3.63, 3.8) is 0 Å². The number of ether oxygens (including phenoxy) is 2. The Hall–Kier alpha value is -3.20. The Morgan fingerprint density at radius 1 is 1.17 bits per heavy atom. The number of rotatable bonds is 8. The second-order valence-corrected chi connectivity index (χ2v) is 8.01. The van der Waals surface area contributed by atoms with E-state index in [1.165, 1.54) is 22.0 Å². The van der Waals surface area contributed by atoms with Crippen molar-refractivity contribution in [2.75, 3.05) is 20.1 Å². The van der Waals surface area contributed by atoms with Crippen LogP contribution in [0.4, 0.5) is 0 Å². The molecule has 0 spiro atoms. The van der Waals surface area contributed by atoms with Gasteiger partial charge < -0.3 is 20.6 Å². The van der Waals surface area contributed by atoms with E-state index in [4.69, 9.17) is 15.3 Å². The summed E-state index contributed by atoms with van der Waals surface area (Å²) in [6.07, 6.45) is 0. The summed E-state index contributed by atoms with van der Waals surface area (Å²) in [5.74, 6) is 7.76. The highest BCUT2D eigenvalue weighted by Gasteiger charge is 2.21. The fourth-order valence-corrected chi connectivity index (χ4v) is 3.57. The molecule has 0 bridgehead atoms. The second-order valence-electron chi connectivity index (χ2n) is 6.71. The molecule has 0 saturated heterocycles. The van der Waals surface area contributed by atoms with Crippen LogP contribution in [0.15, 0.2) is 47.6 Å². The van der Waals surface area contributed by atoms with E-state index in [9.17, 15) is 4.79 Å². The van der Waals surface area contributed by atoms with Crippen LogP contribution >= 0.6 is 11.8 Å². The number of nitrogens with two attached hydrogens (primary N) is 1. The first kappa shape index (κ1) is 21.5. The van der Waals surface area contributed by atoms with Gasteiger partial charge in [-0.3, -0.25) is 4.79 Å². The lowest BCUT2D eigenvalue weighted by atomic mass is 10.1. The summed E-state index contributed by atoms with van der Waals surface area (Å²) >= 11 is 1.24. The first-order chi connectivity index (χ1) is 14.4. The Labute approximate surface area is 179 Å². The van der Waals surface area contributed by atoms with E-state index in [1.54, 1.807) is 39.3 Å². The Morgan fingerprint density at radius 2 is 1.90 bits per heavy atom. The zero-order valence-electron chi connectivity index (χ0n) is 17.4. The topological polar surface area (TPSA) is 104 Å². The maximum Gasteiger partial charge on any atom is 0.233 e. The van der Waals surface area contributed by atoms with Crippen molar-refractivity contribution in [3.8, 4) is 22.9 Å². The molecule has 0 aliphatic heterocycles. The lowest BCUT2D eigenvalue weighted by Gasteiger charge is -2.12. The summed E-state index contributed by atoms with van der Waals surface area (Å²) in [6, 6.07) is 13.4. The molecule has 1 unspecified atom stereocenters. The molecular formula is C21H25N5O3S. The van der Waals surface area contributed by atoms with Gasteiger partial charge in [-0.25, -0.2) is 4.68 Å². The average Bonchev–Trinajstić information content (AvgIpc) is 3.12. The molecule has 1 aromatic heterocycles. The Bertz CT molecular complexity index is 1020. The van der Waals surface area contributed by atoms with Crippen molar-refractivity contribution in [1.29, 1.82) is 0 Å². The normalized spacial score (nSPS) is 11.7. The zero-order chi connectivity index (χ0) is 21.7. The van der Waals surface area contributed by atoms with Crippen LogP contribution in [-0.4, -0.2) is 40.3 Å². The van der Waals surface area contributed by atoms with E-state index in [2.05, 4.69) is 15.5 Å². The Balaban J connectivity index is 1.68. The van der Waals surface area contributed by atoms with E-state index in [0.717, 1.165) is 5.56 Å². The van der Waals surface area contributed by atoms with Crippen molar-refractivity contribution in [3.05, 3.63) is 53.6 Å². The van der Waals surface area contributed by atoms with E-state index in [0.29, 0.717) is 34.6 Å². The summed E-state index contributed by atoms with van der Waals surface area (Å²) in [6.45, 7) is 4.30. The predicted molar refractivity (Wildman–Crippen MR) is 117 cm³/mol. The molecule has 0 saturated carbocycles. The van der Waals surface area contributed by atoms with Gasteiger partial charge in [-0.05, 0) is 31.5 Å². The molecule has 1 amide bonds. The first-order valence-electron chi connectivity index (χ1n) is 9.35. The summed E-state index contributed by atoms with van der Waals surface area (Å²) in [5, 5.41) is 11.3. The quantitative estimate of drug-likeness (QED) is 0.421. The molecule has 3 aromatic rings. The molecule has 158 valence electrons. The van der Waals surface area contributed by atoms with E-state index < -0.39 is 5.25 Å². The van der Waals surface area contributed by atoms with Gasteiger partial charge in [-0.1, -0.05) is 41.6 Å². The van der Waals surface area contributed by atoms with Gasteiger partial charge in [0.05, 0.1) is 25.0 Å². The molecule has 3 N–H and O–H groups in total. The molecule has 0 fully saturated rings. The predicted octanol–water partition coefficient (Wildman–Crippen LogP) is 2.78. The van der Waals surface area contributed by atoms with E-state index >= 15 is 0 Å². The van der Waals surface area contributed by atoms with Gasteiger partial charge >= 0.3 is 0 Å². The van der Waals surface area contributed by atoms with Gasteiger partial charge in [0, 0.05) is 12.6 Å². The van der Waals surface area contributed by atoms with Gasteiger partial charge in [0.15, 0.2) is 5.82 Å². The number of aryl methyl sites for hydroxylation is 1. The largest absolute Gasteiger partial charge is 0.497 e. The van der Waals surface area contributed by atoms with Crippen molar-refractivity contribution < 1.29 is 14.3 Å². The number of carbonyl (C=O) groups excluding carboxylic acids is 1. The number of thioether (sulfide) groups is 1. The fourth-order valence-electron chi connectivity index (χ4n) is 2.77. The summed E-state index contributed by atoms with van der Waals surface area (Å²) in [4.78, 5) is 12.5. The standard InChI is InChI=1S/C21H25N5O3S/c1-13-5-7-15(8-6-13)12-23-20(27)14(2)30-21-25-24-19(26(21)22)17-10-9-16(28-3)11-18(17)29-4/h5-11,14H,12,22H2,1-4H3,(H,23,27). The minimum absolute atomic E-state index is 0.104. The molecule has 30 heavy (non-hydrogen) atoms. The number of amides is 1. The lowest BCUT2D eigenvalue weighted by Crippen LogP contribution is -2.30. The number of nitrogens with zero attached hydrogens (tertiary/aromatic N) is 3. The van der Waals surface area contributed by atoms with Gasteiger partial charge in [0.25, 0.3) is 0 Å². The minimum Gasteiger partial charge on any atom is -0.497 e. The number of nitrogen functional groups attached to an aromatic ring is 1. The van der Waals surface area contributed by atoms with Gasteiger partial charge in [0.1, 0.15) is 11.5 Å². The maximum absolute atomic E-state index is 12.5. The molecule has 1 heterocycles. The highest BCUT2D eigenvalue weighted by atomic mass is 32.2. The van der Waals surface area contributed by atoms with Crippen LogP contribution in [0.1, 0.15) is 18.1 Å². The third kappa shape index (κ3) is 4.85. The number of hydrogen-bond acceptors (Lipinski definition) is 7. The molecule has 1 atom stereocenters. The van der Waals surface area contributed by atoms with Crippen LogP contribution < -0.4 is 20.6 Å². The van der Waals surface area contributed by atoms with Crippen LogP contribution in [0.5, 0.6) is 11.5 Å². The SMILES string of the molecule is COc1ccc(-c2nnc(SC(C)C(=O)NCc3ccc(C)cc3)n2N)c(OC)c1. The maximum atomic E-state index is 12.5. The van der Waals surface area contributed by atoms with Crippen molar-refractivity contribution in [1.82, 2.24) is 20.2 Å². The number of hydrogen-bond donors (Lipinski definition) is 2. The number of benzene rings is 2. The average molecular weight is 428 g/mol. The third-order valence-corrected chi connectivity index (χ3v) is 5.61. The van der Waals surface area contributed by atoms with Crippen molar-refractivity contribution in [2.24, 2.45) is 0 Å². The first-order valence-corrected chi connectivity index (χ1v) is 10.2. The number of nitrogens with one attached hydrogen (secondary N) is 1. The molecule has 3 rings (SSSR count). The van der Waals surface area contributed by atoms with E-state index in [-0.39, 0.29) is 5.91 Å². The Morgan fingerprint density at radius 3 is 2.57 bits per heavy atom. The van der Waals surface area contributed by atoms with Crippen LogP contribution in [0.3, 0.4) is 0 Å². The van der Waals surface area contributed by atoms with Crippen LogP contribution in [0.2, 0.25) is 0 Å². The molecule has 0 aliphatic rings.